The molecule has 0 aliphatic carbocycles. The van der Waals surface area contributed by atoms with Gasteiger partial charge in [0.15, 0.2) is 4.96 Å². The van der Waals surface area contributed by atoms with E-state index in [2.05, 4.69) is 15.6 Å². The van der Waals surface area contributed by atoms with Gasteiger partial charge < -0.3 is 15.1 Å². The zero-order valence-electron chi connectivity index (χ0n) is 15.1. The number of nitrogens with zero attached hydrogens (tertiary/aromatic N) is 2. The van der Waals surface area contributed by atoms with Crippen LogP contribution in [0.4, 0.5) is 5.69 Å². The van der Waals surface area contributed by atoms with Crippen LogP contribution in [0.15, 0.2) is 63.3 Å². The molecule has 0 aliphatic rings. The number of hydrogen-bond donors (Lipinski definition) is 2. The first-order chi connectivity index (χ1) is 13.6. The molecular weight excluding hydrogens is 376 g/mol. The Hall–Kier alpha value is -3.39. The summed E-state index contributed by atoms with van der Waals surface area (Å²) in [6, 6.07) is 12.3. The van der Waals surface area contributed by atoms with E-state index >= 15 is 0 Å². The van der Waals surface area contributed by atoms with E-state index < -0.39 is 0 Å². The molecule has 142 valence electrons. The third-order valence-corrected chi connectivity index (χ3v) is 5.21. The lowest BCUT2D eigenvalue weighted by Gasteiger charge is -2.12. The van der Waals surface area contributed by atoms with Gasteiger partial charge in [0.05, 0.1) is 30.6 Å². The van der Waals surface area contributed by atoms with Gasteiger partial charge in [-0.3, -0.25) is 14.0 Å². The highest BCUT2D eigenvalue weighted by atomic mass is 32.1. The van der Waals surface area contributed by atoms with Crippen molar-refractivity contribution in [2.24, 2.45) is 0 Å². The summed E-state index contributed by atoms with van der Waals surface area (Å²) >= 11 is 1.43. The molecule has 0 spiro atoms. The normalized spacial score (nSPS) is 10.9. The number of rotatable bonds is 6. The molecule has 2 N–H and O–H groups in total. The number of para-hydroxylation sites is 1. The maximum atomic E-state index is 12.5. The smallest absolute Gasteiger partial charge is 0.259 e. The Morgan fingerprint density at radius 2 is 2.07 bits per heavy atom. The first kappa shape index (κ1) is 18.0. The lowest BCUT2D eigenvalue weighted by Crippen LogP contribution is -2.24. The van der Waals surface area contributed by atoms with Gasteiger partial charge in [0, 0.05) is 22.8 Å². The molecule has 28 heavy (non-hydrogen) atoms. The number of hydrogen-bond acceptors (Lipinski definition) is 6. The predicted octanol–water partition coefficient (Wildman–Crippen LogP) is 3.20. The topological polar surface area (TPSA) is 88.6 Å². The quantitative estimate of drug-likeness (QED) is 0.524. The van der Waals surface area contributed by atoms with Crippen molar-refractivity contribution in [2.45, 2.75) is 20.0 Å². The number of anilines is 1. The van der Waals surface area contributed by atoms with E-state index in [-0.39, 0.29) is 11.5 Å². The molecule has 0 atom stereocenters. The van der Waals surface area contributed by atoms with E-state index in [9.17, 15) is 9.59 Å². The standard InChI is InChI=1S/C20H18N4O3S/c1-13-12-28-20-23-14(9-18(25)24(13)20)10-21-17-7-3-2-6-16(17)19(26)22-11-15-5-4-8-27-15/h2-9,12,21H,10-11H2,1H3,(H,22,26). The maximum absolute atomic E-state index is 12.5. The van der Waals surface area contributed by atoms with Gasteiger partial charge in [-0.1, -0.05) is 12.1 Å². The van der Waals surface area contributed by atoms with Gasteiger partial charge in [-0.2, -0.15) is 0 Å². The molecule has 0 saturated heterocycles. The number of aryl methyl sites for hydroxylation is 1. The molecule has 8 heteroatoms. The molecule has 4 aromatic rings. The minimum absolute atomic E-state index is 0.106. The number of fused-ring (bicyclic) bond motifs is 1. The number of furan rings is 1. The second-order valence-electron chi connectivity index (χ2n) is 6.24. The summed E-state index contributed by atoms with van der Waals surface area (Å²) < 4.78 is 6.82. The summed E-state index contributed by atoms with van der Waals surface area (Å²) in [5.41, 5.74) is 2.57. The molecule has 0 fully saturated rings. The van der Waals surface area contributed by atoms with Crippen LogP contribution in [0.3, 0.4) is 0 Å². The van der Waals surface area contributed by atoms with Crippen molar-refractivity contribution in [2.75, 3.05) is 5.32 Å². The van der Waals surface area contributed by atoms with Gasteiger partial charge in [-0.15, -0.1) is 11.3 Å². The molecule has 0 aliphatic heterocycles. The monoisotopic (exact) mass is 394 g/mol. The third kappa shape index (κ3) is 3.67. The Morgan fingerprint density at radius 1 is 1.21 bits per heavy atom. The first-order valence-corrected chi connectivity index (χ1v) is 9.60. The van der Waals surface area contributed by atoms with Gasteiger partial charge in [0.25, 0.3) is 11.5 Å². The average molecular weight is 394 g/mol. The van der Waals surface area contributed by atoms with Crippen LogP contribution in [0.1, 0.15) is 27.5 Å². The predicted molar refractivity (Wildman–Crippen MR) is 108 cm³/mol. The second-order valence-corrected chi connectivity index (χ2v) is 7.08. The molecule has 0 radical (unpaired) electrons. The Kier molecular flexibility index (Phi) is 4.94. The Morgan fingerprint density at radius 3 is 2.89 bits per heavy atom. The number of carbonyl (C=O) groups excluding carboxylic acids is 1. The van der Waals surface area contributed by atoms with Gasteiger partial charge >= 0.3 is 0 Å². The lowest BCUT2D eigenvalue weighted by molar-refractivity contribution is 0.0949. The number of carbonyl (C=O) groups is 1. The molecule has 1 aromatic carbocycles. The number of thiazole rings is 1. The third-order valence-electron chi connectivity index (χ3n) is 4.26. The molecule has 0 unspecified atom stereocenters. The summed E-state index contributed by atoms with van der Waals surface area (Å²) in [7, 11) is 0. The molecular formula is C20H18N4O3S. The Labute approximate surface area is 164 Å². The number of aromatic nitrogens is 2. The molecule has 0 saturated carbocycles. The van der Waals surface area contributed by atoms with Crippen LogP contribution in [0, 0.1) is 6.92 Å². The van der Waals surface area contributed by atoms with Crippen LogP contribution < -0.4 is 16.2 Å². The van der Waals surface area contributed by atoms with E-state index in [1.807, 2.05) is 24.4 Å². The van der Waals surface area contributed by atoms with E-state index in [1.165, 1.54) is 17.4 Å². The van der Waals surface area contributed by atoms with Crippen LogP contribution >= 0.6 is 11.3 Å². The summed E-state index contributed by atoms with van der Waals surface area (Å²) in [5, 5.41) is 7.95. The van der Waals surface area contributed by atoms with Crippen LogP contribution in [0.5, 0.6) is 0 Å². The summed E-state index contributed by atoms with van der Waals surface area (Å²) in [6.45, 7) is 2.53. The lowest BCUT2D eigenvalue weighted by atomic mass is 10.1. The minimum Gasteiger partial charge on any atom is -0.467 e. The van der Waals surface area contributed by atoms with Crippen molar-refractivity contribution in [1.82, 2.24) is 14.7 Å². The average Bonchev–Trinajstić information content (AvgIpc) is 3.35. The fourth-order valence-electron chi connectivity index (χ4n) is 2.89. The van der Waals surface area contributed by atoms with E-state index in [1.54, 1.807) is 34.9 Å². The number of nitrogens with one attached hydrogen (secondary N) is 2. The highest BCUT2D eigenvalue weighted by Crippen LogP contribution is 2.17. The molecule has 4 rings (SSSR count). The SMILES string of the molecule is Cc1csc2nc(CNc3ccccc3C(=O)NCc3ccco3)cc(=O)n12. The molecule has 0 bridgehead atoms. The highest BCUT2D eigenvalue weighted by Gasteiger charge is 2.12. The van der Waals surface area contributed by atoms with Crippen LogP contribution in [0.2, 0.25) is 0 Å². The van der Waals surface area contributed by atoms with Crippen LogP contribution in [0.25, 0.3) is 4.96 Å². The van der Waals surface area contributed by atoms with Crippen molar-refractivity contribution in [1.29, 1.82) is 0 Å². The van der Waals surface area contributed by atoms with Crippen molar-refractivity contribution >= 4 is 27.9 Å². The zero-order chi connectivity index (χ0) is 19.5. The minimum atomic E-state index is -0.211. The van der Waals surface area contributed by atoms with Crippen molar-refractivity contribution < 1.29 is 9.21 Å². The van der Waals surface area contributed by atoms with E-state index in [0.29, 0.717) is 40.8 Å². The molecule has 3 aromatic heterocycles. The van der Waals surface area contributed by atoms with E-state index in [4.69, 9.17) is 4.42 Å². The van der Waals surface area contributed by atoms with Gasteiger partial charge in [-0.05, 0) is 31.2 Å². The fourth-order valence-corrected chi connectivity index (χ4v) is 3.78. The summed E-state index contributed by atoms with van der Waals surface area (Å²) in [6.07, 6.45) is 1.57. The van der Waals surface area contributed by atoms with E-state index in [0.717, 1.165) is 5.69 Å². The van der Waals surface area contributed by atoms with Crippen LogP contribution in [-0.2, 0) is 13.1 Å². The number of benzene rings is 1. The molecule has 1 amide bonds. The van der Waals surface area contributed by atoms with Gasteiger partial charge in [0.2, 0.25) is 0 Å². The van der Waals surface area contributed by atoms with Gasteiger partial charge in [-0.25, -0.2) is 4.98 Å². The van der Waals surface area contributed by atoms with Gasteiger partial charge in [0.1, 0.15) is 5.76 Å². The van der Waals surface area contributed by atoms with Crippen molar-refractivity contribution in [3.63, 3.8) is 0 Å². The maximum Gasteiger partial charge on any atom is 0.259 e. The largest absolute Gasteiger partial charge is 0.467 e. The highest BCUT2D eigenvalue weighted by molar-refractivity contribution is 7.15. The molecule has 7 nitrogen and oxygen atoms in total. The summed E-state index contributed by atoms with van der Waals surface area (Å²) in [5.74, 6) is 0.472. The number of amides is 1. The zero-order valence-corrected chi connectivity index (χ0v) is 16.0. The Bertz CT molecular complexity index is 1180. The summed E-state index contributed by atoms with van der Waals surface area (Å²) in [4.78, 5) is 30.0. The van der Waals surface area contributed by atoms with Crippen molar-refractivity contribution in [3.8, 4) is 0 Å². The fraction of sp³-hybridized carbons (Fsp3) is 0.150. The Balaban J connectivity index is 1.49. The van der Waals surface area contributed by atoms with Crippen molar-refractivity contribution in [3.05, 3.63) is 87.2 Å². The first-order valence-electron chi connectivity index (χ1n) is 8.72. The molecule has 3 heterocycles. The van der Waals surface area contributed by atoms with Crippen LogP contribution in [-0.4, -0.2) is 15.3 Å². The second kappa shape index (κ2) is 7.69.